The van der Waals surface area contributed by atoms with E-state index in [1.54, 1.807) is 7.11 Å². The summed E-state index contributed by atoms with van der Waals surface area (Å²) in [5.41, 5.74) is 0.928. The molecule has 1 unspecified atom stereocenters. The number of rotatable bonds is 3. The Bertz CT molecular complexity index is 408. The van der Waals surface area contributed by atoms with Gasteiger partial charge >= 0.3 is 0 Å². The van der Waals surface area contributed by atoms with Crippen molar-refractivity contribution in [2.75, 3.05) is 31.7 Å². The summed E-state index contributed by atoms with van der Waals surface area (Å²) in [4.78, 5) is 13.4. The van der Waals surface area contributed by atoms with E-state index in [0.29, 0.717) is 13.1 Å². The Kier molecular flexibility index (Phi) is 3.49. The lowest BCUT2D eigenvalue weighted by Gasteiger charge is -2.33. The Labute approximate surface area is 100.0 Å². The van der Waals surface area contributed by atoms with Crippen molar-refractivity contribution in [2.24, 2.45) is 0 Å². The van der Waals surface area contributed by atoms with E-state index in [-0.39, 0.29) is 18.6 Å². The molecular weight excluding hydrogens is 220 g/mol. The smallest absolute Gasteiger partial charge is 0.239 e. The van der Waals surface area contributed by atoms with Crippen molar-refractivity contribution in [3.63, 3.8) is 0 Å². The van der Waals surface area contributed by atoms with Gasteiger partial charge in [0.2, 0.25) is 5.91 Å². The number of benzene rings is 1. The first-order chi connectivity index (χ1) is 8.22. The number of nitrogens with zero attached hydrogens (tertiary/aromatic N) is 1. The van der Waals surface area contributed by atoms with Crippen LogP contribution in [0.15, 0.2) is 24.3 Å². The Balaban J connectivity index is 2.17. The number of amides is 1. The van der Waals surface area contributed by atoms with E-state index in [1.165, 1.54) is 0 Å². The number of aliphatic hydroxyl groups excluding tert-OH is 1. The molecule has 5 nitrogen and oxygen atoms in total. The molecule has 1 saturated heterocycles. The van der Waals surface area contributed by atoms with Gasteiger partial charge in [-0.3, -0.25) is 4.79 Å². The van der Waals surface area contributed by atoms with Crippen LogP contribution in [-0.2, 0) is 4.79 Å². The van der Waals surface area contributed by atoms with Crippen molar-refractivity contribution >= 4 is 11.6 Å². The van der Waals surface area contributed by atoms with Crippen LogP contribution in [0.3, 0.4) is 0 Å². The van der Waals surface area contributed by atoms with Crippen LogP contribution in [0, 0.1) is 0 Å². The summed E-state index contributed by atoms with van der Waals surface area (Å²) >= 11 is 0. The minimum atomic E-state index is -0.206. The largest absolute Gasteiger partial charge is 0.497 e. The van der Waals surface area contributed by atoms with Gasteiger partial charge in [0, 0.05) is 18.3 Å². The topological polar surface area (TPSA) is 61.8 Å². The van der Waals surface area contributed by atoms with Crippen LogP contribution < -0.4 is 15.0 Å². The quantitative estimate of drug-likeness (QED) is 0.775. The van der Waals surface area contributed by atoms with E-state index in [2.05, 4.69) is 5.32 Å². The zero-order valence-corrected chi connectivity index (χ0v) is 9.72. The van der Waals surface area contributed by atoms with Crippen molar-refractivity contribution in [1.82, 2.24) is 5.32 Å². The number of piperazine rings is 1. The molecule has 0 radical (unpaired) electrons. The van der Waals surface area contributed by atoms with Gasteiger partial charge in [-0.15, -0.1) is 0 Å². The number of nitrogens with one attached hydrogen (secondary N) is 1. The van der Waals surface area contributed by atoms with Crippen LogP contribution in [0.2, 0.25) is 0 Å². The first-order valence-corrected chi connectivity index (χ1v) is 5.52. The minimum Gasteiger partial charge on any atom is -0.497 e. The normalized spacial score (nSPS) is 20.0. The number of carbonyl (C=O) groups excluding carboxylic acids is 1. The maximum atomic E-state index is 11.5. The Hall–Kier alpha value is -1.75. The summed E-state index contributed by atoms with van der Waals surface area (Å²) < 4.78 is 5.15. The summed E-state index contributed by atoms with van der Waals surface area (Å²) in [5.74, 6) is 0.687. The molecule has 1 atom stereocenters. The molecule has 0 aromatic heterocycles. The molecule has 1 aromatic rings. The summed E-state index contributed by atoms with van der Waals surface area (Å²) in [6.45, 7) is 0.866. The molecular formula is C12H16N2O3. The number of carbonyl (C=O) groups is 1. The first kappa shape index (κ1) is 11.7. The summed E-state index contributed by atoms with van der Waals surface area (Å²) in [7, 11) is 1.61. The molecule has 1 amide bonds. The van der Waals surface area contributed by atoms with Gasteiger partial charge in [-0.25, -0.2) is 0 Å². The molecule has 17 heavy (non-hydrogen) atoms. The molecule has 1 fully saturated rings. The van der Waals surface area contributed by atoms with Crippen LogP contribution in [-0.4, -0.2) is 43.9 Å². The zero-order chi connectivity index (χ0) is 12.3. The van der Waals surface area contributed by atoms with Crippen LogP contribution in [0.25, 0.3) is 0 Å². The summed E-state index contributed by atoms with van der Waals surface area (Å²) in [6, 6.07) is 7.34. The standard InChI is InChI=1S/C12H16N2O3/c1-17-11-4-2-3-10(5-11)14-6-9(8-15)13-12(16)7-14/h2-5,9,15H,6-8H2,1H3,(H,13,16). The maximum absolute atomic E-state index is 11.5. The highest BCUT2D eigenvalue weighted by Gasteiger charge is 2.24. The average molecular weight is 236 g/mol. The van der Waals surface area contributed by atoms with E-state index in [0.717, 1.165) is 11.4 Å². The Morgan fingerprint density at radius 1 is 1.59 bits per heavy atom. The van der Waals surface area contributed by atoms with Gasteiger partial charge in [-0.1, -0.05) is 6.07 Å². The van der Waals surface area contributed by atoms with Crippen LogP contribution in [0.5, 0.6) is 5.75 Å². The predicted octanol–water partition coefficient (Wildman–Crippen LogP) is -0.00770. The second-order valence-corrected chi connectivity index (χ2v) is 4.03. The van der Waals surface area contributed by atoms with Crippen LogP contribution >= 0.6 is 0 Å². The van der Waals surface area contributed by atoms with E-state index < -0.39 is 0 Å². The molecule has 0 saturated carbocycles. The Morgan fingerprint density at radius 2 is 2.41 bits per heavy atom. The second kappa shape index (κ2) is 5.05. The van der Waals surface area contributed by atoms with E-state index >= 15 is 0 Å². The van der Waals surface area contributed by atoms with Gasteiger partial charge in [0.15, 0.2) is 0 Å². The molecule has 1 aliphatic rings. The van der Waals surface area contributed by atoms with Crippen molar-refractivity contribution in [2.45, 2.75) is 6.04 Å². The molecule has 1 aromatic carbocycles. The highest BCUT2D eigenvalue weighted by Crippen LogP contribution is 2.21. The molecule has 2 N–H and O–H groups in total. The molecule has 1 heterocycles. The van der Waals surface area contributed by atoms with Crippen molar-refractivity contribution < 1.29 is 14.6 Å². The minimum absolute atomic E-state index is 0.0494. The van der Waals surface area contributed by atoms with Gasteiger partial charge in [0.25, 0.3) is 0 Å². The van der Waals surface area contributed by atoms with Crippen LogP contribution in [0.1, 0.15) is 0 Å². The SMILES string of the molecule is COc1cccc(N2CC(=O)NC(CO)C2)c1. The third-order valence-electron chi connectivity index (χ3n) is 2.78. The van der Waals surface area contributed by atoms with Gasteiger partial charge in [-0.2, -0.15) is 0 Å². The monoisotopic (exact) mass is 236 g/mol. The fourth-order valence-electron chi connectivity index (χ4n) is 1.93. The highest BCUT2D eigenvalue weighted by atomic mass is 16.5. The molecule has 0 spiro atoms. The van der Waals surface area contributed by atoms with Crippen molar-refractivity contribution in [1.29, 1.82) is 0 Å². The van der Waals surface area contributed by atoms with Gasteiger partial charge in [-0.05, 0) is 12.1 Å². The number of hydrogen-bond donors (Lipinski definition) is 2. The molecule has 1 aliphatic heterocycles. The second-order valence-electron chi connectivity index (χ2n) is 4.03. The number of hydrogen-bond acceptors (Lipinski definition) is 4. The number of ether oxygens (including phenoxy) is 1. The fourth-order valence-corrected chi connectivity index (χ4v) is 1.93. The summed E-state index contributed by atoms with van der Waals surface area (Å²) in [6.07, 6.45) is 0. The Morgan fingerprint density at radius 3 is 3.12 bits per heavy atom. The van der Waals surface area contributed by atoms with Gasteiger partial charge in [0.05, 0.1) is 26.3 Å². The number of anilines is 1. The van der Waals surface area contributed by atoms with Crippen molar-refractivity contribution in [3.05, 3.63) is 24.3 Å². The predicted molar refractivity (Wildman–Crippen MR) is 64.2 cm³/mol. The first-order valence-electron chi connectivity index (χ1n) is 5.52. The lowest BCUT2D eigenvalue weighted by molar-refractivity contribution is -0.121. The number of aliphatic hydroxyl groups is 1. The lowest BCUT2D eigenvalue weighted by atomic mass is 10.2. The average Bonchev–Trinajstić information content (AvgIpc) is 2.38. The van der Waals surface area contributed by atoms with E-state index in [9.17, 15) is 4.79 Å². The highest BCUT2D eigenvalue weighted by molar-refractivity contribution is 5.83. The number of methoxy groups -OCH3 is 1. The molecule has 92 valence electrons. The molecule has 0 aliphatic carbocycles. The van der Waals surface area contributed by atoms with Gasteiger partial charge in [0.1, 0.15) is 5.75 Å². The third kappa shape index (κ3) is 2.68. The molecule has 0 bridgehead atoms. The van der Waals surface area contributed by atoms with Gasteiger partial charge < -0.3 is 20.1 Å². The zero-order valence-electron chi connectivity index (χ0n) is 9.72. The molecule has 2 rings (SSSR count). The summed E-state index contributed by atoms with van der Waals surface area (Å²) in [5, 5.41) is 11.8. The van der Waals surface area contributed by atoms with Crippen LogP contribution in [0.4, 0.5) is 5.69 Å². The van der Waals surface area contributed by atoms with E-state index in [1.807, 2.05) is 29.2 Å². The maximum Gasteiger partial charge on any atom is 0.239 e. The molecule has 5 heteroatoms. The van der Waals surface area contributed by atoms with Crippen molar-refractivity contribution in [3.8, 4) is 5.75 Å². The third-order valence-corrected chi connectivity index (χ3v) is 2.78. The lowest BCUT2D eigenvalue weighted by Crippen LogP contribution is -2.55. The fraction of sp³-hybridized carbons (Fsp3) is 0.417. The van der Waals surface area contributed by atoms with E-state index in [4.69, 9.17) is 9.84 Å².